The third-order valence-corrected chi connectivity index (χ3v) is 14.2. The molecule has 6 heteroatoms. The Balaban J connectivity index is 4.26. The second-order valence-corrected chi connectivity index (χ2v) is 20.9. The molecule has 392 valence electrons. The molecule has 0 aromatic rings. The lowest BCUT2D eigenvalue weighted by molar-refractivity contribution is -0.167. The Morgan fingerprint density at radius 1 is 0.303 bits per heavy atom. The van der Waals surface area contributed by atoms with Gasteiger partial charge in [-0.2, -0.15) is 0 Å². The first kappa shape index (κ1) is 64.4. The lowest BCUT2D eigenvalue weighted by Crippen LogP contribution is -2.30. The van der Waals surface area contributed by atoms with Gasteiger partial charge in [-0.1, -0.05) is 304 Å². The van der Waals surface area contributed by atoms with Crippen molar-refractivity contribution in [2.45, 2.75) is 348 Å². The zero-order valence-corrected chi connectivity index (χ0v) is 45.2. The second kappa shape index (κ2) is 54.4. The van der Waals surface area contributed by atoms with Crippen LogP contribution in [0.5, 0.6) is 0 Å². The van der Waals surface area contributed by atoms with Crippen LogP contribution in [0.1, 0.15) is 342 Å². The molecule has 0 fully saturated rings. The molecule has 0 amide bonds. The number of hydrogen-bond acceptors (Lipinski definition) is 6. The molecule has 0 aromatic carbocycles. The Morgan fingerprint density at radius 3 is 0.788 bits per heavy atom. The maximum atomic E-state index is 12.9. The highest BCUT2D eigenvalue weighted by atomic mass is 16.6. The van der Waals surface area contributed by atoms with Crippen LogP contribution in [0.25, 0.3) is 0 Å². The van der Waals surface area contributed by atoms with Crippen molar-refractivity contribution in [1.29, 1.82) is 0 Å². The van der Waals surface area contributed by atoms with Gasteiger partial charge in [0.25, 0.3) is 0 Å². The van der Waals surface area contributed by atoms with E-state index in [0.29, 0.717) is 19.3 Å². The van der Waals surface area contributed by atoms with Gasteiger partial charge in [0.15, 0.2) is 6.10 Å². The van der Waals surface area contributed by atoms with Crippen LogP contribution in [0.4, 0.5) is 0 Å². The third-order valence-electron chi connectivity index (χ3n) is 14.2. The maximum Gasteiger partial charge on any atom is 0.306 e. The van der Waals surface area contributed by atoms with Crippen molar-refractivity contribution in [1.82, 2.24) is 0 Å². The van der Waals surface area contributed by atoms with Gasteiger partial charge in [0.05, 0.1) is 0 Å². The van der Waals surface area contributed by atoms with Gasteiger partial charge < -0.3 is 14.2 Å². The first-order valence-electron chi connectivity index (χ1n) is 29.9. The highest BCUT2D eigenvalue weighted by Crippen LogP contribution is 2.19. The summed E-state index contributed by atoms with van der Waals surface area (Å²) < 4.78 is 16.9. The van der Waals surface area contributed by atoms with Crippen molar-refractivity contribution < 1.29 is 28.6 Å². The number of esters is 3. The van der Waals surface area contributed by atoms with Crippen LogP contribution in [-0.4, -0.2) is 37.2 Å². The van der Waals surface area contributed by atoms with E-state index in [9.17, 15) is 14.4 Å². The van der Waals surface area contributed by atoms with E-state index in [1.165, 1.54) is 238 Å². The summed E-state index contributed by atoms with van der Waals surface area (Å²) in [6.07, 6.45) is 59.5. The molecule has 0 aromatic heterocycles. The molecule has 0 N–H and O–H groups in total. The van der Waals surface area contributed by atoms with Crippen LogP contribution in [0, 0.1) is 5.92 Å². The van der Waals surface area contributed by atoms with Crippen LogP contribution in [-0.2, 0) is 28.6 Å². The topological polar surface area (TPSA) is 78.9 Å². The average molecular weight is 934 g/mol. The number of ether oxygens (including phenoxy) is 3. The minimum atomic E-state index is -0.762. The molecule has 0 heterocycles. The highest BCUT2D eigenvalue weighted by molar-refractivity contribution is 5.71. The van der Waals surface area contributed by atoms with E-state index in [4.69, 9.17) is 14.2 Å². The molecule has 0 rings (SSSR count). The Hall–Kier alpha value is -1.59. The fraction of sp³-hybridized carbons (Fsp3) is 0.950. The quantitative estimate of drug-likeness (QED) is 0.0343. The van der Waals surface area contributed by atoms with Crippen LogP contribution < -0.4 is 0 Å². The monoisotopic (exact) mass is 933 g/mol. The van der Waals surface area contributed by atoms with E-state index < -0.39 is 6.10 Å². The molecular formula is C60H116O6. The van der Waals surface area contributed by atoms with Crippen LogP contribution in [0.2, 0.25) is 0 Å². The van der Waals surface area contributed by atoms with Gasteiger partial charge in [-0.05, 0) is 25.2 Å². The Labute approximate surface area is 412 Å². The number of carbonyl (C=O) groups is 3. The smallest absolute Gasteiger partial charge is 0.306 e. The second-order valence-electron chi connectivity index (χ2n) is 20.9. The highest BCUT2D eigenvalue weighted by Gasteiger charge is 2.19. The Morgan fingerprint density at radius 2 is 0.530 bits per heavy atom. The predicted octanol–water partition coefficient (Wildman–Crippen LogP) is 19.8. The van der Waals surface area contributed by atoms with E-state index in [2.05, 4.69) is 27.7 Å². The van der Waals surface area contributed by atoms with Crippen LogP contribution in [0.15, 0.2) is 0 Å². The van der Waals surface area contributed by atoms with Gasteiger partial charge in [0.2, 0.25) is 0 Å². The van der Waals surface area contributed by atoms with Crippen molar-refractivity contribution in [2.75, 3.05) is 13.2 Å². The van der Waals surface area contributed by atoms with Crippen molar-refractivity contribution in [3.8, 4) is 0 Å². The molecule has 2 atom stereocenters. The number of carbonyl (C=O) groups excluding carboxylic acids is 3. The maximum absolute atomic E-state index is 12.9. The van der Waals surface area contributed by atoms with E-state index in [1.807, 2.05) is 0 Å². The van der Waals surface area contributed by atoms with E-state index in [-0.39, 0.29) is 31.1 Å². The summed E-state index contributed by atoms with van der Waals surface area (Å²) in [6, 6.07) is 0. The predicted molar refractivity (Wildman–Crippen MR) is 284 cm³/mol. The number of rotatable bonds is 55. The van der Waals surface area contributed by atoms with Crippen molar-refractivity contribution in [3.63, 3.8) is 0 Å². The molecule has 0 aliphatic rings. The SMILES string of the molecule is CCCCCCCCCCCCCCCCCCCCCC(=O)OC[C@H](COC(=O)CCCCCCCCCCC(C)CC)OC(=O)CCCCCCCCCCCCCCCCCCC. The first-order chi connectivity index (χ1) is 32.4. The van der Waals surface area contributed by atoms with Crippen molar-refractivity contribution >= 4 is 17.9 Å². The summed E-state index contributed by atoms with van der Waals surface area (Å²) >= 11 is 0. The van der Waals surface area contributed by atoms with Gasteiger partial charge >= 0.3 is 17.9 Å². The summed E-state index contributed by atoms with van der Waals surface area (Å²) in [4.78, 5) is 38.2. The molecule has 0 saturated carbocycles. The summed E-state index contributed by atoms with van der Waals surface area (Å²) in [5, 5.41) is 0. The van der Waals surface area contributed by atoms with Gasteiger partial charge in [-0.3, -0.25) is 14.4 Å². The molecule has 0 saturated heterocycles. The Bertz CT molecular complexity index is 998. The normalized spacial score (nSPS) is 12.4. The van der Waals surface area contributed by atoms with Gasteiger partial charge in [0.1, 0.15) is 13.2 Å². The number of unbranched alkanes of at least 4 members (excludes halogenated alkanes) is 41. The summed E-state index contributed by atoms with van der Waals surface area (Å²) in [6.45, 7) is 9.07. The van der Waals surface area contributed by atoms with Gasteiger partial charge in [-0.25, -0.2) is 0 Å². The zero-order chi connectivity index (χ0) is 48.1. The summed E-state index contributed by atoms with van der Waals surface area (Å²) in [5.74, 6) is 0.0121. The minimum Gasteiger partial charge on any atom is -0.462 e. The molecule has 0 aliphatic carbocycles. The zero-order valence-electron chi connectivity index (χ0n) is 45.2. The van der Waals surface area contributed by atoms with Crippen molar-refractivity contribution in [2.24, 2.45) is 5.92 Å². The van der Waals surface area contributed by atoms with E-state index in [0.717, 1.165) is 63.7 Å². The molecule has 66 heavy (non-hydrogen) atoms. The van der Waals surface area contributed by atoms with Gasteiger partial charge in [-0.15, -0.1) is 0 Å². The average Bonchev–Trinajstić information content (AvgIpc) is 3.32. The minimum absolute atomic E-state index is 0.0621. The molecule has 6 nitrogen and oxygen atoms in total. The summed E-state index contributed by atoms with van der Waals surface area (Å²) in [5.41, 5.74) is 0. The molecule has 0 aliphatic heterocycles. The number of hydrogen-bond donors (Lipinski definition) is 0. The Kier molecular flexibility index (Phi) is 53.0. The van der Waals surface area contributed by atoms with E-state index >= 15 is 0 Å². The first-order valence-corrected chi connectivity index (χ1v) is 29.9. The lowest BCUT2D eigenvalue weighted by Gasteiger charge is -2.18. The fourth-order valence-electron chi connectivity index (χ4n) is 9.25. The van der Waals surface area contributed by atoms with Crippen LogP contribution >= 0.6 is 0 Å². The largest absolute Gasteiger partial charge is 0.462 e. The summed E-state index contributed by atoms with van der Waals surface area (Å²) in [7, 11) is 0. The molecular weight excluding hydrogens is 817 g/mol. The molecule has 1 unspecified atom stereocenters. The molecule has 0 bridgehead atoms. The lowest BCUT2D eigenvalue weighted by atomic mass is 9.99. The van der Waals surface area contributed by atoms with Crippen molar-refractivity contribution in [3.05, 3.63) is 0 Å². The van der Waals surface area contributed by atoms with Gasteiger partial charge in [0, 0.05) is 19.3 Å². The molecule has 0 spiro atoms. The van der Waals surface area contributed by atoms with Crippen LogP contribution in [0.3, 0.4) is 0 Å². The molecule has 0 radical (unpaired) electrons. The fourth-order valence-corrected chi connectivity index (χ4v) is 9.25. The standard InChI is InChI=1S/C60H116O6/c1-5-8-10-12-14-16-18-20-22-24-25-27-28-30-32-34-39-43-47-51-58(61)64-54-57(55-65-59(62)52-48-44-40-37-36-38-42-46-50-56(4)7-3)66-60(63)53-49-45-41-35-33-31-29-26-23-21-19-17-15-13-11-9-6-2/h56-57H,5-55H2,1-4H3/t56?,57-/m1/s1. The third kappa shape index (κ3) is 51.8. The van der Waals surface area contributed by atoms with E-state index in [1.54, 1.807) is 0 Å².